The Bertz CT molecular complexity index is 3630. The first-order valence-electron chi connectivity index (χ1n) is 22.3. The molecule has 0 aliphatic heterocycles. The van der Waals surface area contributed by atoms with Crippen molar-refractivity contribution < 1.29 is 28.6 Å². The summed E-state index contributed by atoms with van der Waals surface area (Å²) in [6, 6.07) is 52.0. The molecule has 0 fully saturated rings. The van der Waals surface area contributed by atoms with Crippen LogP contribution >= 0.6 is 11.3 Å². The summed E-state index contributed by atoms with van der Waals surface area (Å²) in [5.41, 5.74) is 5.77. The third kappa shape index (κ3) is 7.69. The van der Waals surface area contributed by atoms with Gasteiger partial charge >= 0.3 is 114 Å². The molecule has 0 aliphatic carbocycles. The van der Waals surface area contributed by atoms with Crippen LogP contribution in [0.5, 0.6) is 0 Å². The summed E-state index contributed by atoms with van der Waals surface area (Å²) in [4.78, 5) is 15.7. The maximum atomic E-state index is 14.4. The average Bonchev–Trinajstić information content (AvgIpc) is 3.88. The number of imidazole rings is 1. The van der Waals surface area contributed by atoms with Crippen molar-refractivity contribution in [2.75, 3.05) is 0 Å². The molecule has 4 nitrogen and oxygen atoms in total. The van der Waals surface area contributed by atoms with Gasteiger partial charge in [0.05, 0.1) is 16.9 Å². The third-order valence-electron chi connectivity index (χ3n) is 11.8. The largest absolute Gasteiger partial charge is 0 e. The second-order valence-corrected chi connectivity index (χ2v) is 29.5. The fourth-order valence-electron chi connectivity index (χ4n) is 8.35. The third-order valence-corrected chi connectivity index (χ3v) is 17.1. The van der Waals surface area contributed by atoms with E-state index in [1.54, 1.807) is 23.6 Å². The molecule has 0 atom stereocenters. The molecule has 4 aromatic heterocycles. The molecule has 0 amide bonds. The Morgan fingerprint density at radius 1 is 0.683 bits per heavy atom. The molecule has 1 radical (unpaired) electrons. The van der Waals surface area contributed by atoms with Gasteiger partial charge in [-0.05, 0) is 55.4 Å². The summed E-state index contributed by atoms with van der Waals surface area (Å²) in [5, 5.41) is 9.63. The smallest absolute Gasteiger partial charge is 0 e. The summed E-state index contributed by atoms with van der Waals surface area (Å²) in [6.07, 6.45) is 3.75. The second kappa shape index (κ2) is 16.5. The normalized spacial score (nSPS) is 12.9. The molecule has 313 valence electrons. The zero-order valence-corrected chi connectivity index (χ0v) is 41.1. The van der Waals surface area contributed by atoms with Crippen LogP contribution in [0.3, 0.4) is 0 Å². The fraction of sp³-hybridized carbons (Fsp3) is 0.145. The Balaban J connectivity index is 0.000000211. The Hall–Kier alpha value is -5.57. The monoisotopic (exact) mass is 1080 g/mol. The van der Waals surface area contributed by atoms with Crippen LogP contribution in [0.25, 0.3) is 92.0 Å². The Kier molecular flexibility index (Phi) is 10.2. The summed E-state index contributed by atoms with van der Waals surface area (Å²) in [6.45, 7) is 4.29. The first kappa shape index (κ1) is 39.1. The molecule has 11 aromatic rings. The van der Waals surface area contributed by atoms with Crippen molar-refractivity contribution in [1.29, 1.82) is 0 Å². The number of fused-ring (bicyclic) bond motifs is 10. The van der Waals surface area contributed by atoms with Gasteiger partial charge in [0.15, 0.2) is 0 Å². The number of nitrogens with zero attached hydrogens (tertiary/aromatic N) is 4. The van der Waals surface area contributed by atoms with Gasteiger partial charge in [-0.15, -0.1) is 18.2 Å². The van der Waals surface area contributed by atoms with Crippen molar-refractivity contribution in [3.8, 4) is 28.3 Å². The standard InChI is InChI=1S/C40H28N3S.C15H17FGeN.Ir/c1-40(2,3)26-16-18-27(19-17-26)43-34-22-21-30-28-11-6-4-9-24(28)15-20-31(30)36(34)42-38(43)33-14-8-13-32-35-29-12-7-5-10-25(29)23-41-39(35)44-37(32)33;1-11-6-5-7-13(15(11)16)14-9-8-12(10-18-14)17(2,3)4;/h4-13,15-23H,1-3H3;5-6,8-10H,1-4H3;/q2*-1;/i;1D3;. The number of halogens is 1. The van der Waals surface area contributed by atoms with Crippen LogP contribution < -0.4 is 4.40 Å². The van der Waals surface area contributed by atoms with Gasteiger partial charge in [-0.2, -0.15) is 11.3 Å². The van der Waals surface area contributed by atoms with E-state index >= 15 is 0 Å². The molecular formula is C55H45FGeIrN4S-2. The van der Waals surface area contributed by atoms with Crippen LogP contribution in [-0.4, -0.2) is 32.8 Å². The van der Waals surface area contributed by atoms with Crippen LogP contribution in [0.4, 0.5) is 4.39 Å². The number of benzene rings is 7. The number of thiophene rings is 1. The van der Waals surface area contributed by atoms with Gasteiger partial charge in [-0.1, -0.05) is 111 Å². The van der Waals surface area contributed by atoms with Gasteiger partial charge < -0.3 is 4.57 Å². The first-order chi connectivity index (χ1) is 31.1. The minimum Gasteiger partial charge on any atom is 0 e. The molecule has 0 saturated carbocycles. The zero-order valence-electron chi connectivity index (χ0n) is 38.8. The number of pyridine rings is 2. The molecule has 0 aliphatic rings. The second-order valence-electron chi connectivity index (χ2n) is 17.9. The van der Waals surface area contributed by atoms with Gasteiger partial charge in [0.2, 0.25) is 0 Å². The van der Waals surface area contributed by atoms with E-state index in [0.29, 0.717) is 5.69 Å². The summed E-state index contributed by atoms with van der Waals surface area (Å²) in [5.74, 6) is 6.87. The molecule has 8 heteroatoms. The molecule has 63 heavy (non-hydrogen) atoms. The van der Waals surface area contributed by atoms with Crippen LogP contribution in [0.1, 0.15) is 36.0 Å². The van der Waals surface area contributed by atoms with Gasteiger partial charge in [-0.3, -0.25) is 4.98 Å². The summed E-state index contributed by atoms with van der Waals surface area (Å²) >= 11 is -0.238. The van der Waals surface area contributed by atoms with Crippen molar-refractivity contribution in [3.05, 3.63) is 175 Å². The van der Waals surface area contributed by atoms with Crippen LogP contribution in [0.2, 0.25) is 17.3 Å². The molecule has 0 bridgehead atoms. The number of aryl methyl sites for hydroxylation is 1. The SMILES string of the molecule is CC(C)(C)c1ccc(-n2c(-c3[c-]ccc4c3sc3ncc5ccccc5c34)nc3c4ccc5ccccc5c4ccc32)cc1.[2H]C([2H])([2H])c1cc[c-]c(-c2cc[c]([Ge]([CH3])([CH3])[CH3])cn2)c1F.[Ir]. The van der Waals surface area contributed by atoms with Crippen molar-refractivity contribution in [1.82, 2.24) is 19.5 Å². The number of aromatic nitrogens is 4. The summed E-state index contributed by atoms with van der Waals surface area (Å²) < 4.78 is 41.1. The molecule has 7 aromatic carbocycles. The molecule has 0 saturated heterocycles. The molecule has 11 rings (SSSR count). The Morgan fingerprint density at radius 3 is 2.13 bits per heavy atom. The van der Waals surface area contributed by atoms with Gasteiger partial charge in [0.25, 0.3) is 0 Å². The van der Waals surface area contributed by atoms with Crippen molar-refractivity contribution in [2.45, 2.75) is 50.3 Å². The molecular weight excluding hydrogens is 1030 g/mol. The fourth-order valence-corrected chi connectivity index (χ4v) is 11.7. The Labute approximate surface area is 391 Å². The minimum atomic E-state index is -2.48. The van der Waals surface area contributed by atoms with E-state index in [4.69, 9.17) is 14.1 Å². The molecule has 0 N–H and O–H groups in total. The topological polar surface area (TPSA) is 43.6 Å². The number of hydrogen-bond acceptors (Lipinski definition) is 4. The van der Waals surface area contributed by atoms with Gasteiger partial charge in [0, 0.05) is 48.1 Å². The summed E-state index contributed by atoms with van der Waals surface area (Å²) in [7, 11) is 0. The van der Waals surface area contributed by atoms with E-state index in [2.05, 4.69) is 163 Å². The first-order valence-corrected chi connectivity index (χ1v) is 28.9. The average molecular weight is 1080 g/mol. The molecule has 4 heterocycles. The van der Waals surface area contributed by atoms with E-state index < -0.39 is 25.9 Å². The number of rotatable bonds is 4. The van der Waals surface area contributed by atoms with E-state index in [-0.39, 0.29) is 36.6 Å². The van der Waals surface area contributed by atoms with Crippen molar-refractivity contribution >= 4 is 92.7 Å². The van der Waals surface area contributed by atoms with Gasteiger partial charge in [0.1, 0.15) is 4.83 Å². The maximum Gasteiger partial charge on any atom is 0 e. The maximum absolute atomic E-state index is 14.4. The minimum absolute atomic E-state index is 0. The van der Waals surface area contributed by atoms with Crippen molar-refractivity contribution in [3.63, 3.8) is 0 Å². The van der Waals surface area contributed by atoms with Gasteiger partial charge in [-0.25, -0.2) is 4.98 Å². The van der Waals surface area contributed by atoms with E-state index in [1.165, 1.54) is 54.4 Å². The van der Waals surface area contributed by atoms with E-state index in [1.807, 2.05) is 18.3 Å². The zero-order chi connectivity index (χ0) is 45.4. The number of hydrogen-bond donors (Lipinski definition) is 0. The molecule has 0 spiro atoms. The van der Waals surface area contributed by atoms with E-state index in [0.717, 1.165) is 48.4 Å². The molecule has 0 unspecified atom stereocenters. The van der Waals surface area contributed by atoms with Crippen LogP contribution in [0, 0.1) is 24.8 Å². The van der Waals surface area contributed by atoms with Crippen molar-refractivity contribution in [2.24, 2.45) is 0 Å². The van der Waals surface area contributed by atoms with Crippen LogP contribution in [0.15, 0.2) is 146 Å². The predicted molar refractivity (Wildman–Crippen MR) is 263 cm³/mol. The Morgan fingerprint density at radius 2 is 1.40 bits per heavy atom. The quantitative estimate of drug-likeness (QED) is 0.100. The van der Waals surface area contributed by atoms with E-state index in [9.17, 15) is 4.39 Å². The van der Waals surface area contributed by atoms with Crippen LogP contribution in [-0.2, 0) is 25.5 Å². The predicted octanol–water partition coefficient (Wildman–Crippen LogP) is 14.6.